The molecule has 23 heteroatoms. The van der Waals surface area contributed by atoms with E-state index in [9.17, 15) is 0 Å². The molecule has 0 saturated heterocycles. The van der Waals surface area contributed by atoms with Crippen LogP contribution >= 0.6 is 0 Å². The van der Waals surface area contributed by atoms with E-state index in [1.54, 1.807) is 0 Å². The van der Waals surface area contributed by atoms with Crippen LogP contribution in [0.15, 0.2) is 0 Å². The first-order valence-electron chi connectivity index (χ1n) is 0. The van der Waals surface area contributed by atoms with E-state index in [2.05, 4.69) is 0 Å². The van der Waals surface area contributed by atoms with Gasteiger partial charge in [-0.15, -0.1) is 0 Å². The second kappa shape index (κ2) is 950. The summed E-state index contributed by atoms with van der Waals surface area (Å²) in [5, 5.41) is 0. The van der Waals surface area contributed by atoms with E-state index >= 15 is 0 Å². The van der Waals surface area contributed by atoms with E-state index in [-0.39, 0.29) is 244 Å². The molecule has 0 saturated carbocycles. The Balaban J connectivity index is 0. The fourth-order valence-corrected chi connectivity index (χ4v) is 0. The summed E-state index contributed by atoms with van der Waals surface area (Å²) in [5.41, 5.74) is 0. The topological polar surface area (TPSA) is 472 Å². The Labute approximate surface area is 242 Å². The van der Waals surface area contributed by atoms with E-state index in [0.29, 0.717) is 0 Å². The monoisotopic (exact) mass is 334 g/mol. The number of hydrogen-bond donors (Lipinski definition) is 0. The first-order valence-corrected chi connectivity index (χ1v) is 0. The molecule has 0 aromatic carbocycles. The molecule has 0 rings (SSSR count). The van der Waals surface area contributed by atoms with Crippen molar-refractivity contribution < 1.29 is 244 Å². The summed E-state index contributed by atoms with van der Waals surface area (Å²) in [7, 11) is 0. The molecule has 0 heterocycles. The SMILES string of the molecule is O.O.O.O.O.O.O.O.O.O.O.O.O.O.O.[H-].[H-].[H-].[H-].[H-].[H-].[H-].[H-].[Li+].[Li+].[Li+].[Li+].[Li+].[Li+].[Li+].[Li+]. The van der Waals surface area contributed by atoms with Gasteiger partial charge in [0.1, 0.15) is 0 Å². The maximum absolute atomic E-state index is 0. The molecule has 15 nitrogen and oxygen atoms in total. The minimum atomic E-state index is 0. The molecule has 0 atom stereocenters. The van der Waals surface area contributed by atoms with Gasteiger partial charge in [-0.1, -0.05) is 0 Å². The second-order valence-electron chi connectivity index (χ2n) is 0. The van der Waals surface area contributed by atoms with Gasteiger partial charge in [-0.05, 0) is 0 Å². The van der Waals surface area contributed by atoms with Crippen molar-refractivity contribution >= 4 is 0 Å². The standard InChI is InChI=1S/8Li.15H2O.8H/h;;;;;;;;15*1H2;;;;;;;;/q8*+1;;;;;;;;;;;;;;;;8*-1. The van der Waals surface area contributed by atoms with Crippen molar-refractivity contribution in [1.29, 1.82) is 0 Å². The van der Waals surface area contributed by atoms with Crippen LogP contribution in [0.2, 0.25) is 0 Å². The van der Waals surface area contributed by atoms with Crippen molar-refractivity contribution in [3.63, 3.8) is 0 Å². The molecule has 136 valence electrons. The van der Waals surface area contributed by atoms with Gasteiger partial charge in [0.05, 0.1) is 0 Å². The van der Waals surface area contributed by atoms with Crippen LogP contribution in [0, 0.1) is 0 Å². The molecule has 0 bridgehead atoms. The van der Waals surface area contributed by atoms with Gasteiger partial charge in [0, 0.05) is 0 Å². The van der Waals surface area contributed by atoms with Gasteiger partial charge >= 0.3 is 151 Å². The molecule has 0 radical (unpaired) electrons. The molecule has 23 heavy (non-hydrogen) atoms. The predicted octanol–water partition coefficient (Wildman–Crippen LogP) is -35.4. The third kappa shape index (κ3) is 876. The Bertz CT molecular complexity index is 47.0. The van der Waals surface area contributed by atoms with E-state index in [1.807, 2.05) is 0 Å². The van der Waals surface area contributed by atoms with E-state index in [0.717, 1.165) is 0 Å². The third-order valence-corrected chi connectivity index (χ3v) is 0. The summed E-state index contributed by atoms with van der Waals surface area (Å²) in [4.78, 5) is 0. The smallest absolute Gasteiger partial charge is 1.00 e. The average Bonchev–Trinajstić information content (AvgIpc) is 0. The quantitative estimate of drug-likeness (QED) is 0.372. The van der Waals surface area contributed by atoms with E-state index < -0.39 is 0 Å². The van der Waals surface area contributed by atoms with Crippen LogP contribution in [0.25, 0.3) is 0 Å². The summed E-state index contributed by atoms with van der Waals surface area (Å²) in [6, 6.07) is 0. The van der Waals surface area contributed by atoms with Crippen LogP contribution in [0.5, 0.6) is 0 Å². The van der Waals surface area contributed by atoms with Crippen LogP contribution < -0.4 is 151 Å². The van der Waals surface area contributed by atoms with Gasteiger partial charge in [0.25, 0.3) is 0 Å². The Kier molecular flexibility index (Phi) is 44100. The molecular formula is H38Li8O15. The number of hydrogen-bond acceptors (Lipinski definition) is 0. The molecular weight excluding hydrogens is 296 g/mol. The zero-order valence-corrected chi connectivity index (χ0v) is 15.5. The maximum Gasteiger partial charge on any atom is 1.00 e. The summed E-state index contributed by atoms with van der Waals surface area (Å²) in [6.45, 7) is 0. The minimum Gasteiger partial charge on any atom is -1.00 e. The first kappa shape index (κ1) is 1070. The summed E-state index contributed by atoms with van der Waals surface area (Å²) >= 11 is 0. The molecule has 0 aliphatic carbocycles. The normalized spacial score (nSPS) is 0. The zero-order valence-electron chi connectivity index (χ0n) is 23.5. The molecule has 0 aliphatic rings. The molecule has 0 aromatic rings. The largest absolute Gasteiger partial charge is 1.00 e. The van der Waals surface area contributed by atoms with E-state index in [1.165, 1.54) is 0 Å². The van der Waals surface area contributed by atoms with Gasteiger partial charge in [-0.25, -0.2) is 0 Å². The molecule has 0 fully saturated rings. The van der Waals surface area contributed by atoms with Crippen molar-refractivity contribution in [1.82, 2.24) is 0 Å². The van der Waals surface area contributed by atoms with Crippen LogP contribution in [-0.2, 0) is 0 Å². The Hall–Kier alpha value is 4.18. The minimum absolute atomic E-state index is 0. The predicted molar refractivity (Wildman–Crippen MR) is 63.1 cm³/mol. The van der Waals surface area contributed by atoms with Crippen molar-refractivity contribution in [2.45, 2.75) is 0 Å². The van der Waals surface area contributed by atoms with Crippen LogP contribution in [0.1, 0.15) is 11.4 Å². The summed E-state index contributed by atoms with van der Waals surface area (Å²) in [6.07, 6.45) is 0. The molecule has 30 N–H and O–H groups in total. The van der Waals surface area contributed by atoms with Gasteiger partial charge in [-0.3, -0.25) is 0 Å². The van der Waals surface area contributed by atoms with Crippen molar-refractivity contribution in [2.75, 3.05) is 0 Å². The summed E-state index contributed by atoms with van der Waals surface area (Å²) < 4.78 is 0. The van der Waals surface area contributed by atoms with Crippen molar-refractivity contribution in [2.24, 2.45) is 0 Å². The molecule has 0 amide bonds. The second-order valence-corrected chi connectivity index (χ2v) is 0. The average molecular weight is 334 g/mol. The molecule has 0 aliphatic heterocycles. The zero-order chi connectivity index (χ0) is 0. The summed E-state index contributed by atoms with van der Waals surface area (Å²) in [5.74, 6) is 0. The van der Waals surface area contributed by atoms with Gasteiger partial charge < -0.3 is 93.6 Å². The first-order chi connectivity index (χ1) is 0. The maximum atomic E-state index is 0. The third-order valence-electron chi connectivity index (χ3n) is 0. The Morgan fingerprint density at radius 1 is 0.130 bits per heavy atom. The van der Waals surface area contributed by atoms with Crippen LogP contribution in [0.3, 0.4) is 0 Å². The van der Waals surface area contributed by atoms with Gasteiger partial charge in [0.15, 0.2) is 0 Å². The molecule has 0 unspecified atom stereocenters. The number of rotatable bonds is 0. The molecule has 0 aromatic heterocycles. The van der Waals surface area contributed by atoms with E-state index in [4.69, 9.17) is 0 Å². The van der Waals surface area contributed by atoms with Gasteiger partial charge in [0.2, 0.25) is 0 Å². The van der Waals surface area contributed by atoms with Crippen molar-refractivity contribution in [3.05, 3.63) is 0 Å². The fraction of sp³-hybridized carbons (Fsp3) is 0. The molecule has 0 spiro atoms. The van der Waals surface area contributed by atoms with Gasteiger partial charge in [-0.2, -0.15) is 0 Å². The van der Waals surface area contributed by atoms with Crippen LogP contribution in [-0.4, -0.2) is 82.1 Å². The van der Waals surface area contributed by atoms with Crippen molar-refractivity contribution in [3.8, 4) is 0 Å². The Morgan fingerprint density at radius 2 is 0.130 bits per heavy atom. The van der Waals surface area contributed by atoms with Crippen LogP contribution in [0.4, 0.5) is 0 Å². The fourth-order valence-electron chi connectivity index (χ4n) is 0. The Morgan fingerprint density at radius 3 is 0.130 bits per heavy atom.